The fourth-order valence-electron chi connectivity index (χ4n) is 4.28. The van der Waals surface area contributed by atoms with Gasteiger partial charge in [0.1, 0.15) is 11.5 Å². The van der Waals surface area contributed by atoms with Gasteiger partial charge in [0.2, 0.25) is 11.5 Å². The molecule has 4 rings (SSSR count). The Hall–Kier alpha value is -3.71. The molecule has 4 aromatic rings. The van der Waals surface area contributed by atoms with E-state index >= 15 is 0 Å². The summed E-state index contributed by atoms with van der Waals surface area (Å²) in [4.78, 5) is 14.5. The van der Waals surface area contributed by atoms with E-state index in [0.717, 1.165) is 43.8 Å². The number of benzene rings is 3. The topological polar surface area (TPSA) is 63.2 Å². The van der Waals surface area contributed by atoms with Gasteiger partial charge in [-0.25, -0.2) is 0 Å². The second-order valence-electron chi connectivity index (χ2n) is 8.05. The molecule has 0 atom stereocenters. The minimum absolute atomic E-state index is 0.0719. The van der Waals surface area contributed by atoms with Gasteiger partial charge in [-0.3, -0.25) is 4.79 Å². The summed E-state index contributed by atoms with van der Waals surface area (Å²) in [5.41, 5.74) is 4.07. The first-order valence-corrected chi connectivity index (χ1v) is 11.8. The maximum Gasteiger partial charge on any atom is 0.203 e. The van der Waals surface area contributed by atoms with E-state index in [1.807, 2.05) is 44.2 Å². The molecule has 0 saturated carbocycles. The summed E-state index contributed by atoms with van der Waals surface area (Å²) in [5, 5.41) is 0.955. The summed E-state index contributed by atoms with van der Waals surface area (Å²) in [6.07, 6.45) is 0. The summed E-state index contributed by atoms with van der Waals surface area (Å²) in [6, 6.07) is 13.3. The van der Waals surface area contributed by atoms with Crippen molar-refractivity contribution in [3.05, 3.63) is 64.0 Å². The first kappa shape index (κ1) is 24.4. The molecule has 3 aromatic carbocycles. The fraction of sp³-hybridized carbons (Fsp3) is 0.250. The second-order valence-corrected chi connectivity index (χ2v) is 9.10. The van der Waals surface area contributed by atoms with Crippen LogP contribution in [0.25, 0.3) is 21.2 Å². The third kappa shape index (κ3) is 4.28. The average molecular weight is 493 g/mol. The normalized spacial score (nSPS) is 10.8. The molecule has 0 radical (unpaired) electrons. The molecule has 0 unspecified atom stereocenters. The van der Waals surface area contributed by atoms with E-state index < -0.39 is 0 Å². The largest absolute Gasteiger partial charge is 0.496 e. The fourth-order valence-corrected chi connectivity index (χ4v) is 5.47. The Morgan fingerprint density at radius 2 is 1.29 bits per heavy atom. The number of carbonyl (C=O) groups is 1. The number of ether oxygens (including phenoxy) is 5. The van der Waals surface area contributed by atoms with E-state index in [0.29, 0.717) is 27.7 Å². The zero-order valence-corrected chi connectivity index (χ0v) is 21.7. The third-order valence-electron chi connectivity index (χ3n) is 6.02. The molecule has 35 heavy (non-hydrogen) atoms. The van der Waals surface area contributed by atoms with Gasteiger partial charge in [0.15, 0.2) is 11.5 Å². The van der Waals surface area contributed by atoms with Crippen LogP contribution in [0, 0.1) is 13.8 Å². The van der Waals surface area contributed by atoms with Gasteiger partial charge in [0.25, 0.3) is 0 Å². The van der Waals surface area contributed by atoms with Gasteiger partial charge in [-0.15, -0.1) is 11.3 Å². The lowest BCUT2D eigenvalue weighted by molar-refractivity contribution is 0.104. The highest BCUT2D eigenvalue weighted by atomic mass is 32.1. The Labute approximate surface area is 209 Å². The number of hydrogen-bond acceptors (Lipinski definition) is 7. The monoisotopic (exact) mass is 492 g/mol. The van der Waals surface area contributed by atoms with Gasteiger partial charge in [0, 0.05) is 21.2 Å². The van der Waals surface area contributed by atoms with Crippen molar-refractivity contribution in [2.75, 3.05) is 35.5 Å². The molecule has 1 heterocycles. The number of fused-ring (bicyclic) bond motifs is 1. The van der Waals surface area contributed by atoms with Crippen LogP contribution in [0.1, 0.15) is 26.4 Å². The average Bonchev–Trinajstić information content (AvgIpc) is 3.24. The molecule has 0 aliphatic rings. The highest BCUT2D eigenvalue weighted by Crippen LogP contribution is 2.47. The first-order chi connectivity index (χ1) is 16.9. The minimum atomic E-state index is -0.0719. The molecule has 6 nitrogen and oxygen atoms in total. The second kappa shape index (κ2) is 9.88. The van der Waals surface area contributed by atoms with Gasteiger partial charge in [0.05, 0.1) is 40.4 Å². The van der Waals surface area contributed by atoms with E-state index in [2.05, 4.69) is 6.07 Å². The van der Waals surface area contributed by atoms with Crippen LogP contribution < -0.4 is 23.7 Å². The molecule has 0 spiro atoms. The Morgan fingerprint density at radius 1 is 0.686 bits per heavy atom. The van der Waals surface area contributed by atoms with Crippen molar-refractivity contribution in [2.45, 2.75) is 13.8 Å². The molecular formula is C28H28O6S. The van der Waals surface area contributed by atoms with Crippen LogP contribution in [-0.2, 0) is 0 Å². The van der Waals surface area contributed by atoms with Crippen LogP contribution in [0.2, 0.25) is 0 Å². The Balaban J connectivity index is 2.02. The van der Waals surface area contributed by atoms with Gasteiger partial charge >= 0.3 is 0 Å². The molecule has 0 saturated heterocycles. The lowest BCUT2D eigenvalue weighted by Crippen LogP contribution is -2.02. The number of aryl methyl sites for hydroxylation is 2. The summed E-state index contributed by atoms with van der Waals surface area (Å²) in [6.45, 7) is 3.91. The zero-order chi connectivity index (χ0) is 25.3. The SMILES string of the molecule is COc1ccc(C(=O)c2sc3cc(OC)c(C)cc3c2-c2cc(OC)c(OC)c(OC)c2)cc1C. The van der Waals surface area contributed by atoms with Crippen LogP contribution in [0.4, 0.5) is 0 Å². The van der Waals surface area contributed by atoms with E-state index in [9.17, 15) is 4.79 Å². The summed E-state index contributed by atoms with van der Waals surface area (Å²) in [7, 11) is 7.99. The van der Waals surface area contributed by atoms with Crippen LogP contribution in [0.5, 0.6) is 28.7 Å². The minimum Gasteiger partial charge on any atom is -0.496 e. The van der Waals surface area contributed by atoms with Crippen LogP contribution in [0.3, 0.4) is 0 Å². The van der Waals surface area contributed by atoms with Crippen molar-refractivity contribution in [1.82, 2.24) is 0 Å². The standard InChI is InChI=1S/C28H28O6S/c1-15-10-17(8-9-20(15)30-3)26(29)28-25(19-11-16(2)21(31-4)14-24(19)35-28)18-12-22(32-5)27(34-7)23(13-18)33-6/h8-14H,1-7H3. The van der Waals surface area contributed by atoms with Crippen molar-refractivity contribution < 1.29 is 28.5 Å². The van der Waals surface area contributed by atoms with Crippen LogP contribution in [-0.4, -0.2) is 41.3 Å². The molecular weight excluding hydrogens is 464 g/mol. The summed E-state index contributed by atoms with van der Waals surface area (Å²) >= 11 is 1.44. The third-order valence-corrected chi connectivity index (χ3v) is 7.17. The number of rotatable bonds is 8. The number of carbonyl (C=O) groups excluding carboxylic acids is 1. The maximum absolute atomic E-state index is 13.9. The Morgan fingerprint density at radius 3 is 1.83 bits per heavy atom. The molecule has 0 fully saturated rings. The van der Waals surface area contributed by atoms with E-state index in [-0.39, 0.29) is 5.78 Å². The first-order valence-electron chi connectivity index (χ1n) is 11.0. The summed E-state index contributed by atoms with van der Waals surface area (Å²) < 4.78 is 28.6. The van der Waals surface area contributed by atoms with Crippen molar-refractivity contribution in [2.24, 2.45) is 0 Å². The molecule has 0 N–H and O–H groups in total. The van der Waals surface area contributed by atoms with Crippen LogP contribution in [0.15, 0.2) is 42.5 Å². The van der Waals surface area contributed by atoms with Crippen LogP contribution >= 0.6 is 11.3 Å². The Bertz CT molecular complexity index is 1390. The number of ketones is 1. The molecule has 0 bridgehead atoms. The number of hydrogen-bond donors (Lipinski definition) is 0. The zero-order valence-electron chi connectivity index (χ0n) is 20.9. The smallest absolute Gasteiger partial charge is 0.203 e. The molecule has 0 aliphatic carbocycles. The van der Waals surface area contributed by atoms with Crippen molar-refractivity contribution >= 4 is 27.2 Å². The van der Waals surface area contributed by atoms with Gasteiger partial charge in [-0.1, -0.05) is 0 Å². The van der Waals surface area contributed by atoms with E-state index in [1.54, 1.807) is 41.6 Å². The molecule has 7 heteroatoms. The van der Waals surface area contributed by atoms with E-state index in [4.69, 9.17) is 23.7 Å². The molecule has 0 amide bonds. The van der Waals surface area contributed by atoms with Gasteiger partial charge in [-0.2, -0.15) is 0 Å². The molecule has 1 aromatic heterocycles. The maximum atomic E-state index is 13.9. The molecule has 182 valence electrons. The highest BCUT2D eigenvalue weighted by Gasteiger charge is 2.25. The van der Waals surface area contributed by atoms with E-state index in [1.165, 1.54) is 11.3 Å². The predicted octanol–water partition coefficient (Wildman–Crippen LogP) is 6.46. The van der Waals surface area contributed by atoms with Gasteiger partial charge in [-0.05, 0) is 73.0 Å². The lowest BCUT2D eigenvalue weighted by atomic mass is 9.96. The van der Waals surface area contributed by atoms with Crippen molar-refractivity contribution in [3.8, 4) is 39.9 Å². The summed E-state index contributed by atoms with van der Waals surface area (Å²) in [5.74, 6) is 2.97. The van der Waals surface area contributed by atoms with Crippen molar-refractivity contribution in [3.63, 3.8) is 0 Å². The quantitative estimate of drug-likeness (QED) is 0.263. The Kier molecular flexibility index (Phi) is 6.89. The highest BCUT2D eigenvalue weighted by molar-refractivity contribution is 7.21. The van der Waals surface area contributed by atoms with Gasteiger partial charge < -0.3 is 23.7 Å². The number of thiophene rings is 1. The van der Waals surface area contributed by atoms with Crippen molar-refractivity contribution in [1.29, 1.82) is 0 Å². The molecule has 0 aliphatic heterocycles. The predicted molar refractivity (Wildman–Crippen MR) is 139 cm³/mol. The lowest BCUT2D eigenvalue weighted by Gasteiger charge is -2.15. The number of methoxy groups -OCH3 is 5.